The van der Waals surface area contributed by atoms with Gasteiger partial charge in [0, 0.05) is 22.4 Å². The lowest BCUT2D eigenvalue weighted by Crippen LogP contribution is -2.65. The number of fused-ring (bicyclic) bond motifs is 5. The number of ketones is 1. The summed E-state index contributed by atoms with van der Waals surface area (Å²) in [6.45, 7) is 8.90. The van der Waals surface area contributed by atoms with Gasteiger partial charge in [-0.2, -0.15) is 0 Å². The van der Waals surface area contributed by atoms with Crippen molar-refractivity contribution >= 4 is 27.4 Å². The van der Waals surface area contributed by atoms with Crippen molar-refractivity contribution in [3.05, 3.63) is 40.1 Å². The number of oxime groups is 1. The van der Waals surface area contributed by atoms with Crippen LogP contribution in [0.4, 0.5) is 0 Å². The van der Waals surface area contributed by atoms with Crippen LogP contribution in [0.2, 0.25) is 0 Å². The summed E-state index contributed by atoms with van der Waals surface area (Å²) in [4.78, 5) is 22.5. The Morgan fingerprint density at radius 3 is 2.77 bits per heavy atom. The second-order valence-electron chi connectivity index (χ2n) is 12.0. The number of carbonyl (C=O) groups is 1. The summed E-state index contributed by atoms with van der Waals surface area (Å²) in [5.74, 6) is 1.65. The highest BCUT2D eigenvalue weighted by Crippen LogP contribution is 2.68. The van der Waals surface area contributed by atoms with Crippen LogP contribution in [0, 0.1) is 34.5 Å². The molecular formula is C28H38BrN3O3. The first kappa shape index (κ1) is 25.1. The Morgan fingerprint density at radius 1 is 1.29 bits per heavy atom. The van der Waals surface area contributed by atoms with Gasteiger partial charge in [0.25, 0.3) is 0 Å². The fourth-order valence-electron chi connectivity index (χ4n) is 8.50. The molecule has 0 radical (unpaired) electrons. The zero-order chi connectivity index (χ0) is 25.2. The molecule has 35 heavy (non-hydrogen) atoms. The molecule has 5 rings (SSSR count). The monoisotopic (exact) mass is 543 g/mol. The molecule has 6 nitrogen and oxygen atoms in total. The van der Waals surface area contributed by atoms with Crippen molar-refractivity contribution in [3.8, 4) is 0 Å². The van der Waals surface area contributed by atoms with Gasteiger partial charge < -0.3 is 15.7 Å². The number of rotatable bonds is 4. The molecule has 1 heterocycles. The van der Waals surface area contributed by atoms with Crippen LogP contribution in [-0.4, -0.2) is 33.2 Å². The molecule has 8 atom stereocenters. The molecule has 3 saturated carbocycles. The largest absolute Gasteiger partial charge is 0.391 e. The average molecular weight is 545 g/mol. The standard InChI is InChI=1S/C28H38BrN3O3/c1-16-9-21-22(6-8-27(4)24(21)12-25(34)28(27,30)17(2)33)26(3)7-5-20(11-23(16)26)32-35-15-18-10-19(29)14-31-13-18/h10-11,13-14,16,21-22,24-25,34H,5-9,12,15,30H2,1-4H3/b32-20+/t16-,21+,22-,24-,25+,26+,27-,28+/m0/s1. The van der Waals surface area contributed by atoms with E-state index >= 15 is 0 Å². The van der Waals surface area contributed by atoms with Gasteiger partial charge in [-0.3, -0.25) is 9.78 Å². The van der Waals surface area contributed by atoms with E-state index in [2.05, 4.69) is 52.9 Å². The maximum atomic E-state index is 12.7. The zero-order valence-corrected chi connectivity index (χ0v) is 22.8. The highest BCUT2D eigenvalue weighted by Gasteiger charge is 2.68. The van der Waals surface area contributed by atoms with E-state index in [0.29, 0.717) is 30.8 Å². The van der Waals surface area contributed by atoms with Crippen molar-refractivity contribution in [2.24, 2.45) is 45.4 Å². The van der Waals surface area contributed by atoms with E-state index in [1.165, 1.54) is 5.57 Å². The van der Waals surface area contributed by atoms with E-state index in [-0.39, 0.29) is 22.5 Å². The zero-order valence-electron chi connectivity index (χ0n) is 21.3. The first-order valence-corrected chi connectivity index (χ1v) is 13.8. The topological polar surface area (TPSA) is 97.8 Å². The summed E-state index contributed by atoms with van der Waals surface area (Å²) in [5.41, 5.74) is 8.85. The van der Waals surface area contributed by atoms with E-state index in [9.17, 15) is 9.90 Å². The second kappa shape index (κ2) is 8.77. The molecule has 190 valence electrons. The molecule has 4 aliphatic carbocycles. The van der Waals surface area contributed by atoms with Gasteiger partial charge in [0.2, 0.25) is 0 Å². The van der Waals surface area contributed by atoms with Gasteiger partial charge in [-0.1, -0.05) is 31.5 Å². The Kier molecular flexibility index (Phi) is 6.29. The Balaban J connectivity index is 1.38. The molecule has 0 amide bonds. The third-order valence-corrected chi connectivity index (χ3v) is 10.8. The number of aliphatic hydroxyl groups is 1. The van der Waals surface area contributed by atoms with Crippen molar-refractivity contribution in [1.82, 2.24) is 4.98 Å². The number of aromatic nitrogens is 1. The summed E-state index contributed by atoms with van der Waals surface area (Å²) in [5, 5.41) is 15.5. The molecule has 7 heteroatoms. The van der Waals surface area contributed by atoms with E-state index in [1.54, 1.807) is 19.3 Å². The highest BCUT2D eigenvalue weighted by atomic mass is 79.9. The smallest absolute Gasteiger partial charge is 0.152 e. The van der Waals surface area contributed by atoms with Gasteiger partial charge in [0.05, 0.1) is 11.8 Å². The molecular weight excluding hydrogens is 506 g/mol. The number of aliphatic hydroxyl groups excluding tert-OH is 1. The minimum absolute atomic E-state index is 0.0683. The molecule has 3 N–H and O–H groups in total. The lowest BCUT2D eigenvalue weighted by molar-refractivity contribution is -0.134. The van der Waals surface area contributed by atoms with Crippen LogP contribution in [0.1, 0.15) is 71.8 Å². The van der Waals surface area contributed by atoms with Crippen LogP contribution in [0.25, 0.3) is 0 Å². The van der Waals surface area contributed by atoms with Gasteiger partial charge >= 0.3 is 0 Å². The molecule has 1 aromatic heterocycles. The Labute approximate surface area is 216 Å². The number of allylic oxidation sites excluding steroid dienone is 2. The van der Waals surface area contributed by atoms with Gasteiger partial charge in [-0.25, -0.2) is 0 Å². The van der Waals surface area contributed by atoms with Crippen LogP contribution in [-0.2, 0) is 16.2 Å². The van der Waals surface area contributed by atoms with Crippen LogP contribution < -0.4 is 5.73 Å². The van der Waals surface area contributed by atoms with Crippen molar-refractivity contribution in [3.63, 3.8) is 0 Å². The van der Waals surface area contributed by atoms with Crippen LogP contribution in [0.3, 0.4) is 0 Å². The number of hydrogen-bond donors (Lipinski definition) is 2. The van der Waals surface area contributed by atoms with Crippen molar-refractivity contribution in [1.29, 1.82) is 0 Å². The normalized spacial score (nSPS) is 43.7. The maximum absolute atomic E-state index is 12.7. The number of nitrogens with zero attached hydrogens (tertiary/aromatic N) is 2. The molecule has 0 saturated heterocycles. The highest BCUT2D eigenvalue weighted by molar-refractivity contribution is 9.10. The molecule has 0 unspecified atom stereocenters. The number of carbonyl (C=O) groups excluding carboxylic acids is 1. The summed E-state index contributed by atoms with van der Waals surface area (Å²) in [6.07, 6.45) is 10.7. The summed E-state index contributed by atoms with van der Waals surface area (Å²) < 4.78 is 0.931. The van der Waals surface area contributed by atoms with Crippen LogP contribution in [0.5, 0.6) is 0 Å². The number of pyridine rings is 1. The third kappa shape index (κ3) is 3.75. The predicted molar refractivity (Wildman–Crippen MR) is 139 cm³/mol. The van der Waals surface area contributed by atoms with Crippen molar-refractivity contribution < 1.29 is 14.7 Å². The van der Waals surface area contributed by atoms with E-state index in [1.807, 2.05) is 6.07 Å². The number of nitrogens with two attached hydrogens (primary N) is 1. The molecule has 0 bridgehead atoms. The average Bonchev–Trinajstić information content (AvgIpc) is 3.02. The summed E-state index contributed by atoms with van der Waals surface area (Å²) in [6, 6.07) is 1.99. The van der Waals surface area contributed by atoms with Crippen LogP contribution in [0.15, 0.2) is 39.7 Å². The molecule has 0 spiro atoms. The molecule has 1 aromatic rings. The number of halogens is 1. The van der Waals surface area contributed by atoms with Gasteiger partial charge in [-0.15, -0.1) is 0 Å². The fraction of sp³-hybridized carbons (Fsp3) is 0.679. The van der Waals surface area contributed by atoms with Crippen molar-refractivity contribution in [2.45, 2.75) is 84.5 Å². The van der Waals surface area contributed by atoms with Gasteiger partial charge in [-0.05, 0) is 108 Å². The van der Waals surface area contributed by atoms with Crippen LogP contribution >= 0.6 is 15.9 Å². The second-order valence-corrected chi connectivity index (χ2v) is 12.9. The minimum atomic E-state index is -1.13. The van der Waals surface area contributed by atoms with E-state index in [0.717, 1.165) is 47.9 Å². The lowest BCUT2D eigenvalue weighted by atomic mass is 9.44. The Bertz CT molecular complexity index is 1090. The fourth-order valence-corrected chi connectivity index (χ4v) is 8.92. The molecule has 0 aromatic carbocycles. The van der Waals surface area contributed by atoms with Crippen molar-refractivity contribution in [2.75, 3.05) is 0 Å². The minimum Gasteiger partial charge on any atom is -0.391 e. The Morgan fingerprint density at radius 2 is 2.06 bits per heavy atom. The lowest BCUT2D eigenvalue weighted by Gasteiger charge is -2.60. The summed E-state index contributed by atoms with van der Waals surface area (Å²) >= 11 is 3.44. The molecule has 3 fully saturated rings. The first-order chi connectivity index (χ1) is 16.5. The van der Waals surface area contributed by atoms with E-state index < -0.39 is 11.6 Å². The van der Waals surface area contributed by atoms with E-state index in [4.69, 9.17) is 10.6 Å². The summed E-state index contributed by atoms with van der Waals surface area (Å²) in [7, 11) is 0. The molecule has 4 aliphatic rings. The Hall–Kier alpha value is -1.57. The number of Topliss-reactive ketones (excluding diaryl/α,β-unsaturated/α-hetero) is 1. The maximum Gasteiger partial charge on any atom is 0.152 e. The predicted octanol–water partition coefficient (Wildman–Crippen LogP) is 5.18. The third-order valence-electron chi connectivity index (χ3n) is 10.4. The number of hydrogen-bond acceptors (Lipinski definition) is 6. The van der Waals surface area contributed by atoms with Gasteiger partial charge in [0.1, 0.15) is 12.1 Å². The van der Waals surface area contributed by atoms with Gasteiger partial charge in [0.15, 0.2) is 5.78 Å². The first-order valence-electron chi connectivity index (χ1n) is 13.0. The molecule has 0 aliphatic heterocycles. The quantitative estimate of drug-likeness (QED) is 0.509. The SMILES string of the molecule is CC(=O)[C@@]1(N)[C@H](O)C[C@H]2[C@@H]3C[C@H](C)C4=C/C(=N/OCc5cncc(Br)c5)CC[C@]4(C)[C@H]3CC[C@@]21C.